The Bertz CT molecular complexity index is 259. The predicted octanol–water partition coefficient (Wildman–Crippen LogP) is -3.29. The number of hydrogen-bond donors (Lipinski definition) is 2. The molecule has 0 aliphatic carbocycles. The summed E-state index contributed by atoms with van der Waals surface area (Å²) in [5, 5.41) is 28.0. The number of hydrogen-bond acceptors (Lipinski definition) is 6. The van der Waals surface area contributed by atoms with E-state index in [1.54, 1.807) is 0 Å². The standard InChI is InChI=1S/C9H17NO6/c1-10(2,3)4-5-16-9(15)7(12)6(11)8(13)14/h6-7,11-12H,4-5H2,1-3H3/t6-,7-/m1/s1. The summed E-state index contributed by atoms with van der Waals surface area (Å²) in [5.74, 6) is -3.10. The molecule has 0 heterocycles. The molecule has 16 heavy (non-hydrogen) atoms. The Kier molecular flexibility index (Phi) is 5.36. The van der Waals surface area contributed by atoms with Gasteiger partial charge in [0.15, 0.2) is 6.10 Å². The molecule has 0 aromatic heterocycles. The fraction of sp³-hybridized carbons (Fsp3) is 0.778. The minimum absolute atomic E-state index is 0.0269. The Balaban J connectivity index is 4.03. The second kappa shape index (κ2) is 5.78. The third kappa shape index (κ3) is 5.64. The second-order valence-corrected chi connectivity index (χ2v) is 4.39. The summed E-state index contributed by atoms with van der Waals surface area (Å²) in [6.07, 6.45) is -4.38. The first-order valence-electron chi connectivity index (χ1n) is 4.69. The van der Waals surface area contributed by atoms with Crippen molar-refractivity contribution in [2.45, 2.75) is 12.2 Å². The van der Waals surface area contributed by atoms with Crippen LogP contribution in [0, 0.1) is 0 Å². The number of carboxylic acids is 1. The highest BCUT2D eigenvalue weighted by molar-refractivity contribution is 5.83. The van der Waals surface area contributed by atoms with Crippen molar-refractivity contribution in [2.24, 2.45) is 0 Å². The van der Waals surface area contributed by atoms with E-state index in [0.717, 1.165) is 0 Å². The van der Waals surface area contributed by atoms with Gasteiger partial charge >= 0.3 is 5.97 Å². The van der Waals surface area contributed by atoms with Crippen LogP contribution in [0.4, 0.5) is 0 Å². The summed E-state index contributed by atoms with van der Waals surface area (Å²) >= 11 is 0. The highest BCUT2D eigenvalue weighted by atomic mass is 16.6. The number of ether oxygens (including phenoxy) is 1. The third-order valence-corrected chi connectivity index (χ3v) is 1.79. The number of aliphatic hydroxyl groups excluding tert-OH is 2. The van der Waals surface area contributed by atoms with Crippen LogP contribution in [0.15, 0.2) is 0 Å². The Morgan fingerprint density at radius 1 is 1.25 bits per heavy atom. The lowest BCUT2D eigenvalue weighted by atomic mass is 10.2. The number of carboxylic acid groups (broad SMARTS) is 1. The van der Waals surface area contributed by atoms with E-state index in [-0.39, 0.29) is 6.61 Å². The maximum absolute atomic E-state index is 11.0. The van der Waals surface area contributed by atoms with E-state index in [2.05, 4.69) is 4.74 Å². The number of quaternary nitrogens is 1. The Morgan fingerprint density at radius 3 is 2.12 bits per heavy atom. The van der Waals surface area contributed by atoms with Crippen LogP contribution in [0.5, 0.6) is 0 Å². The quantitative estimate of drug-likeness (QED) is 0.369. The predicted molar refractivity (Wildman–Crippen MR) is 50.9 cm³/mol. The molecule has 0 aromatic rings. The van der Waals surface area contributed by atoms with Crippen LogP contribution in [0.2, 0.25) is 0 Å². The fourth-order valence-electron chi connectivity index (χ4n) is 0.763. The van der Waals surface area contributed by atoms with Crippen LogP contribution >= 0.6 is 0 Å². The van der Waals surface area contributed by atoms with Crippen molar-refractivity contribution in [1.82, 2.24) is 0 Å². The van der Waals surface area contributed by atoms with Gasteiger partial charge in [-0.2, -0.15) is 0 Å². The van der Waals surface area contributed by atoms with E-state index in [0.29, 0.717) is 11.0 Å². The number of likely N-dealkylation sites (N-methyl/N-ethyl adjacent to an activating group) is 1. The van der Waals surface area contributed by atoms with Gasteiger partial charge in [0.25, 0.3) is 0 Å². The van der Waals surface area contributed by atoms with E-state index in [4.69, 9.17) is 10.2 Å². The number of aliphatic carboxylic acids is 1. The lowest BCUT2D eigenvalue weighted by Gasteiger charge is -2.24. The van der Waals surface area contributed by atoms with Gasteiger partial charge in [0.1, 0.15) is 19.3 Å². The lowest BCUT2D eigenvalue weighted by molar-refractivity contribution is -0.870. The highest BCUT2D eigenvalue weighted by Crippen LogP contribution is 1.97. The summed E-state index contributed by atoms with van der Waals surface area (Å²) in [7, 11) is 5.63. The van der Waals surface area contributed by atoms with Gasteiger partial charge in [0.05, 0.1) is 27.1 Å². The molecule has 7 heteroatoms. The number of nitrogens with zero attached hydrogens (tertiary/aromatic N) is 1. The molecule has 0 radical (unpaired) electrons. The van der Waals surface area contributed by atoms with Crippen molar-refractivity contribution >= 4 is 11.9 Å². The largest absolute Gasteiger partial charge is 0.547 e. The van der Waals surface area contributed by atoms with Gasteiger partial charge in [0, 0.05) is 0 Å². The summed E-state index contributed by atoms with van der Waals surface area (Å²) in [6.45, 7) is 0.527. The second-order valence-electron chi connectivity index (χ2n) is 4.39. The first-order chi connectivity index (χ1) is 7.15. The van der Waals surface area contributed by atoms with E-state index >= 15 is 0 Å². The smallest absolute Gasteiger partial charge is 0.338 e. The summed E-state index contributed by atoms with van der Waals surface area (Å²) in [6, 6.07) is 0. The van der Waals surface area contributed by atoms with Gasteiger partial charge in [-0.25, -0.2) is 4.79 Å². The maximum Gasteiger partial charge on any atom is 0.338 e. The van der Waals surface area contributed by atoms with Crippen LogP contribution in [-0.2, 0) is 14.3 Å². The Morgan fingerprint density at radius 2 is 1.75 bits per heavy atom. The third-order valence-electron chi connectivity index (χ3n) is 1.79. The number of carbonyl (C=O) groups is 2. The van der Waals surface area contributed by atoms with Gasteiger partial charge in [-0.05, 0) is 0 Å². The number of aliphatic hydroxyl groups is 2. The van der Waals surface area contributed by atoms with Crippen molar-refractivity contribution in [3.63, 3.8) is 0 Å². The molecule has 94 valence electrons. The average molecular weight is 235 g/mol. The Labute approximate surface area is 93.4 Å². The van der Waals surface area contributed by atoms with Crippen LogP contribution in [0.1, 0.15) is 0 Å². The zero-order valence-electron chi connectivity index (χ0n) is 9.54. The van der Waals surface area contributed by atoms with E-state index in [9.17, 15) is 14.7 Å². The molecule has 2 atom stereocenters. The van der Waals surface area contributed by atoms with Crippen molar-refractivity contribution in [3.05, 3.63) is 0 Å². The van der Waals surface area contributed by atoms with Crippen LogP contribution < -0.4 is 5.11 Å². The van der Waals surface area contributed by atoms with Crippen molar-refractivity contribution in [2.75, 3.05) is 34.3 Å². The van der Waals surface area contributed by atoms with Crippen LogP contribution in [0.3, 0.4) is 0 Å². The van der Waals surface area contributed by atoms with Gasteiger partial charge < -0.3 is 29.3 Å². The van der Waals surface area contributed by atoms with Gasteiger partial charge in [-0.15, -0.1) is 0 Å². The first-order valence-corrected chi connectivity index (χ1v) is 4.69. The summed E-state index contributed by atoms with van der Waals surface area (Å²) in [4.78, 5) is 21.2. The molecule has 0 rings (SSSR count). The van der Waals surface area contributed by atoms with Gasteiger partial charge in [-0.3, -0.25) is 0 Å². The molecule has 0 spiro atoms. The molecular formula is C9H17NO6. The molecule has 0 aromatic carbocycles. The number of esters is 1. The molecule has 0 fully saturated rings. The minimum atomic E-state index is -2.27. The lowest BCUT2D eigenvalue weighted by Crippen LogP contribution is -2.48. The van der Waals surface area contributed by atoms with E-state index in [1.165, 1.54) is 0 Å². The Hall–Kier alpha value is -1.18. The average Bonchev–Trinajstić information content (AvgIpc) is 2.13. The normalized spacial score (nSPS) is 15.3. The monoisotopic (exact) mass is 235 g/mol. The van der Waals surface area contributed by atoms with E-state index < -0.39 is 24.1 Å². The van der Waals surface area contributed by atoms with Crippen molar-refractivity contribution in [1.29, 1.82) is 0 Å². The molecule has 0 saturated carbocycles. The fourth-order valence-corrected chi connectivity index (χ4v) is 0.763. The molecule has 0 unspecified atom stereocenters. The van der Waals surface area contributed by atoms with Crippen LogP contribution in [0.25, 0.3) is 0 Å². The molecular weight excluding hydrogens is 218 g/mol. The zero-order valence-corrected chi connectivity index (χ0v) is 9.54. The van der Waals surface area contributed by atoms with E-state index in [1.807, 2.05) is 21.1 Å². The summed E-state index contributed by atoms with van der Waals surface area (Å²) < 4.78 is 5.14. The van der Waals surface area contributed by atoms with Crippen molar-refractivity contribution < 1.29 is 34.1 Å². The molecule has 0 amide bonds. The number of carbonyl (C=O) groups excluding carboxylic acids is 2. The highest BCUT2D eigenvalue weighted by Gasteiger charge is 2.27. The van der Waals surface area contributed by atoms with Gasteiger partial charge in [0.2, 0.25) is 0 Å². The van der Waals surface area contributed by atoms with Crippen LogP contribution in [-0.4, -0.2) is 73.1 Å². The number of rotatable bonds is 6. The summed E-state index contributed by atoms with van der Waals surface area (Å²) in [5.41, 5.74) is 0. The van der Waals surface area contributed by atoms with Gasteiger partial charge in [-0.1, -0.05) is 0 Å². The van der Waals surface area contributed by atoms with Crippen molar-refractivity contribution in [3.8, 4) is 0 Å². The zero-order chi connectivity index (χ0) is 12.9. The molecule has 0 saturated heterocycles. The topological polar surface area (TPSA) is 107 Å². The molecule has 0 aliphatic heterocycles. The molecule has 0 bridgehead atoms. The maximum atomic E-state index is 11.0. The minimum Gasteiger partial charge on any atom is -0.547 e. The molecule has 7 nitrogen and oxygen atoms in total. The first kappa shape index (κ1) is 14.8. The molecule has 2 N–H and O–H groups in total. The SMILES string of the molecule is C[N+](C)(C)CCOC(=O)[C@H](O)[C@@H](O)C(=O)[O-]. The molecule has 0 aliphatic rings.